The average molecular weight is 261 g/mol. The van der Waals surface area contributed by atoms with E-state index in [-0.39, 0.29) is 12.5 Å². The summed E-state index contributed by atoms with van der Waals surface area (Å²) < 4.78 is 13.2. The molecule has 18 heavy (non-hydrogen) atoms. The first-order valence-electron chi connectivity index (χ1n) is 6.64. The van der Waals surface area contributed by atoms with Gasteiger partial charge in [0.2, 0.25) is 5.91 Å². The van der Waals surface area contributed by atoms with Crippen molar-refractivity contribution in [2.24, 2.45) is 0 Å². The molecule has 0 spiro atoms. The highest BCUT2D eigenvalue weighted by Crippen LogP contribution is 2.12. The minimum atomic E-state index is -1.00. The summed E-state index contributed by atoms with van der Waals surface area (Å²) >= 11 is 0. The van der Waals surface area contributed by atoms with Gasteiger partial charge in [-0.2, -0.15) is 0 Å². The summed E-state index contributed by atoms with van der Waals surface area (Å²) in [5, 5.41) is 8.62. The number of halogens is 1. The van der Waals surface area contributed by atoms with Crippen molar-refractivity contribution < 1.29 is 19.1 Å². The predicted molar refractivity (Wildman–Crippen MR) is 68.2 cm³/mol. The van der Waals surface area contributed by atoms with Crippen LogP contribution in [0.25, 0.3) is 0 Å². The van der Waals surface area contributed by atoms with E-state index in [2.05, 4.69) is 0 Å². The normalized spacial score (nSPS) is 12.2. The Labute approximate surface area is 108 Å². The number of carboxylic acid groups (broad SMARTS) is 1. The molecule has 0 bridgehead atoms. The van der Waals surface area contributed by atoms with E-state index in [1.807, 2.05) is 6.92 Å². The lowest BCUT2D eigenvalue weighted by molar-refractivity contribution is -0.144. The zero-order valence-electron chi connectivity index (χ0n) is 11.3. The maximum atomic E-state index is 13.2. The molecule has 0 radical (unpaired) electrons. The highest BCUT2D eigenvalue weighted by molar-refractivity contribution is 5.81. The first-order valence-corrected chi connectivity index (χ1v) is 6.64. The predicted octanol–water partition coefficient (Wildman–Crippen LogP) is 2.62. The van der Waals surface area contributed by atoms with Gasteiger partial charge in [-0.1, -0.05) is 19.8 Å². The number of carboxylic acids is 1. The van der Waals surface area contributed by atoms with Crippen LogP contribution in [0.5, 0.6) is 0 Å². The van der Waals surface area contributed by atoms with Crippen molar-refractivity contribution in [3.05, 3.63) is 0 Å². The van der Waals surface area contributed by atoms with E-state index >= 15 is 0 Å². The van der Waals surface area contributed by atoms with Gasteiger partial charge in [-0.3, -0.25) is 9.59 Å². The first kappa shape index (κ1) is 16.9. The van der Waals surface area contributed by atoms with Crippen LogP contribution in [0.4, 0.5) is 4.39 Å². The van der Waals surface area contributed by atoms with E-state index in [1.165, 1.54) is 4.90 Å². The Morgan fingerprint density at radius 1 is 1.22 bits per heavy atom. The van der Waals surface area contributed by atoms with Crippen molar-refractivity contribution in [1.29, 1.82) is 0 Å². The van der Waals surface area contributed by atoms with E-state index in [4.69, 9.17) is 5.11 Å². The van der Waals surface area contributed by atoms with Crippen molar-refractivity contribution in [2.75, 3.05) is 13.1 Å². The van der Waals surface area contributed by atoms with Gasteiger partial charge in [-0.25, -0.2) is 4.39 Å². The number of hydrogen-bond acceptors (Lipinski definition) is 2. The molecule has 1 unspecified atom stereocenters. The third-order valence-corrected chi connectivity index (χ3v) is 2.82. The van der Waals surface area contributed by atoms with Crippen molar-refractivity contribution >= 4 is 11.9 Å². The number of aliphatic carboxylic acids is 1. The van der Waals surface area contributed by atoms with Crippen LogP contribution in [0.3, 0.4) is 0 Å². The molecule has 1 atom stereocenters. The maximum Gasteiger partial charge on any atom is 0.323 e. The Kier molecular flexibility index (Phi) is 9.24. The number of unbranched alkanes of at least 4 members (excludes halogenated alkanes) is 1. The molecule has 5 heteroatoms. The van der Waals surface area contributed by atoms with Crippen molar-refractivity contribution in [1.82, 2.24) is 4.90 Å². The molecule has 1 amide bonds. The molecule has 1 N–H and O–H groups in total. The SMILES string of the molecule is CCCC(F)CCCCC(=O)N(CC)CC(=O)O. The van der Waals surface area contributed by atoms with Gasteiger partial charge in [0.1, 0.15) is 12.7 Å². The number of carbonyl (C=O) groups is 2. The van der Waals surface area contributed by atoms with E-state index in [0.717, 1.165) is 6.42 Å². The molecule has 0 saturated heterocycles. The van der Waals surface area contributed by atoms with Gasteiger partial charge in [-0.05, 0) is 26.2 Å². The molecular weight excluding hydrogens is 237 g/mol. The number of likely N-dealkylation sites (N-methyl/N-ethyl adjacent to an activating group) is 1. The van der Waals surface area contributed by atoms with Crippen LogP contribution < -0.4 is 0 Å². The summed E-state index contributed by atoms with van der Waals surface area (Å²) in [5.74, 6) is -1.16. The highest BCUT2D eigenvalue weighted by Gasteiger charge is 2.14. The van der Waals surface area contributed by atoms with Gasteiger partial charge >= 0.3 is 5.97 Å². The number of nitrogens with zero attached hydrogens (tertiary/aromatic N) is 1. The number of amides is 1. The zero-order valence-corrected chi connectivity index (χ0v) is 11.3. The Morgan fingerprint density at radius 3 is 2.39 bits per heavy atom. The maximum absolute atomic E-state index is 13.2. The van der Waals surface area contributed by atoms with Crippen LogP contribution in [0.15, 0.2) is 0 Å². The first-order chi connectivity index (χ1) is 8.51. The van der Waals surface area contributed by atoms with Crippen LogP contribution in [0.2, 0.25) is 0 Å². The van der Waals surface area contributed by atoms with Gasteiger partial charge in [-0.15, -0.1) is 0 Å². The molecule has 0 rings (SSSR count). The van der Waals surface area contributed by atoms with Gasteiger partial charge in [0.05, 0.1) is 0 Å². The monoisotopic (exact) mass is 261 g/mol. The highest BCUT2D eigenvalue weighted by atomic mass is 19.1. The minimum Gasteiger partial charge on any atom is -0.480 e. The summed E-state index contributed by atoms with van der Waals surface area (Å²) in [6, 6.07) is 0. The lowest BCUT2D eigenvalue weighted by atomic mass is 10.1. The molecule has 0 aromatic carbocycles. The standard InChI is InChI=1S/C13H24FNO3/c1-3-7-11(14)8-5-6-9-12(16)15(4-2)10-13(17)18/h11H,3-10H2,1-2H3,(H,17,18). The Hall–Kier alpha value is -1.13. The largest absolute Gasteiger partial charge is 0.480 e. The molecule has 0 aromatic rings. The van der Waals surface area contributed by atoms with E-state index in [9.17, 15) is 14.0 Å². The summed E-state index contributed by atoms with van der Waals surface area (Å²) in [4.78, 5) is 23.5. The number of alkyl halides is 1. The summed E-state index contributed by atoms with van der Waals surface area (Å²) in [6.07, 6.45) is 2.74. The van der Waals surface area contributed by atoms with Crippen molar-refractivity contribution in [3.8, 4) is 0 Å². The Bertz CT molecular complexity index is 259. The van der Waals surface area contributed by atoms with Crippen LogP contribution in [-0.2, 0) is 9.59 Å². The van der Waals surface area contributed by atoms with Crippen LogP contribution in [-0.4, -0.2) is 41.1 Å². The molecule has 0 aromatic heterocycles. The summed E-state index contributed by atoms with van der Waals surface area (Å²) in [5.41, 5.74) is 0. The molecule has 106 valence electrons. The number of hydrogen-bond donors (Lipinski definition) is 1. The van der Waals surface area contributed by atoms with Gasteiger partial charge < -0.3 is 10.0 Å². The zero-order chi connectivity index (χ0) is 14.0. The Balaban J connectivity index is 3.77. The van der Waals surface area contributed by atoms with E-state index < -0.39 is 12.1 Å². The molecule has 4 nitrogen and oxygen atoms in total. The average Bonchev–Trinajstić information content (AvgIpc) is 2.31. The third-order valence-electron chi connectivity index (χ3n) is 2.82. The quantitative estimate of drug-likeness (QED) is 0.615. The molecule has 0 aliphatic rings. The minimum absolute atomic E-state index is 0.161. The lowest BCUT2D eigenvalue weighted by Crippen LogP contribution is -2.35. The molecular formula is C13H24FNO3. The van der Waals surface area contributed by atoms with Crippen molar-refractivity contribution in [2.45, 2.75) is 58.5 Å². The second kappa shape index (κ2) is 9.85. The fraction of sp³-hybridized carbons (Fsp3) is 0.846. The van der Waals surface area contributed by atoms with Gasteiger partial charge in [0.15, 0.2) is 0 Å². The molecule has 0 aliphatic heterocycles. The molecule has 0 saturated carbocycles. The summed E-state index contributed by atoms with van der Waals surface area (Å²) in [7, 11) is 0. The lowest BCUT2D eigenvalue weighted by Gasteiger charge is -2.18. The molecule has 0 fully saturated rings. The fourth-order valence-corrected chi connectivity index (χ4v) is 1.80. The Morgan fingerprint density at radius 2 is 1.89 bits per heavy atom. The number of carbonyl (C=O) groups excluding carboxylic acids is 1. The second-order valence-corrected chi connectivity index (χ2v) is 4.43. The van der Waals surface area contributed by atoms with Crippen LogP contribution in [0, 0.1) is 0 Å². The smallest absolute Gasteiger partial charge is 0.323 e. The van der Waals surface area contributed by atoms with E-state index in [0.29, 0.717) is 38.6 Å². The summed E-state index contributed by atoms with van der Waals surface area (Å²) in [6.45, 7) is 3.84. The van der Waals surface area contributed by atoms with Crippen molar-refractivity contribution in [3.63, 3.8) is 0 Å². The van der Waals surface area contributed by atoms with Crippen LogP contribution >= 0.6 is 0 Å². The van der Waals surface area contributed by atoms with Gasteiger partial charge in [0.25, 0.3) is 0 Å². The van der Waals surface area contributed by atoms with E-state index in [1.54, 1.807) is 6.92 Å². The molecule has 0 aliphatic carbocycles. The molecule has 0 heterocycles. The number of rotatable bonds is 10. The fourth-order valence-electron chi connectivity index (χ4n) is 1.80. The van der Waals surface area contributed by atoms with Gasteiger partial charge in [0, 0.05) is 13.0 Å². The third kappa shape index (κ3) is 8.03. The van der Waals surface area contributed by atoms with Crippen LogP contribution in [0.1, 0.15) is 52.4 Å². The topological polar surface area (TPSA) is 57.6 Å². The second-order valence-electron chi connectivity index (χ2n) is 4.43.